The van der Waals surface area contributed by atoms with Gasteiger partial charge in [-0.1, -0.05) is 12.1 Å². The number of piperidine rings is 1. The first-order valence-corrected chi connectivity index (χ1v) is 9.50. The summed E-state index contributed by atoms with van der Waals surface area (Å²) in [4.78, 5) is 29.6. The number of hydrogen-bond donors (Lipinski definition) is 1. The Bertz CT molecular complexity index is 813. The SMILES string of the molecule is Cc1csc(NC(=O)C2CCN(Cc3cccc([N+](=O)[O-])c3C)CC2)n1. The van der Waals surface area contributed by atoms with Crippen molar-refractivity contribution in [1.82, 2.24) is 9.88 Å². The van der Waals surface area contributed by atoms with E-state index in [0.29, 0.717) is 11.7 Å². The van der Waals surface area contributed by atoms with Crippen molar-refractivity contribution in [2.45, 2.75) is 33.2 Å². The van der Waals surface area contributed by atoms with Gasteiger partial charge in [-0.05, 0) is 45.3 Å². The van der Waals surface area contributed by atoms with Crippen LogP contribution < -0.4 is 5.32 Å². The molecule has 1 aromatic carbocycles. The molecule has 1 aromatic heterocycles. The lowest BCUT2D eigenvalue weighted by molar-refractivity contribution is -0.385. The van der Waals surface area contributed by atoms with Crippen LogP contribution in [0.15, 0.2) is 23.6 Å². The van der Waals surface area contributed by atoms with E-state index < -0.39 is 0 Å². The van der Waals surface area contributed by atoms with Crippen molar-refractivity contribution in [3.8, 4) is 0 Å². The zero-order chi connectivity index (χ0) is 18.7. The summed E-state index contributed by atoms with van der Waals surface area (Å²) in [5, 5.41) is 16.6. The van der Waals surface area contributed by atoms with Crippen LogP contribution in [-0.4, -0.2) is 33.8 Å². The number of carbonyl (C=O) groups excluding carboxylic acids is 1. The summed E-state index contributed by atoms with van der Waals surface area (Å²) in [6.45, 7) is 5.98. The van der Waals surface area contributed by atoms with Gasteiger partial charge in [-0.15, -0.1) is 11.3 Å². The Morgan fingerprint density at radius 3 is 2.73 bits per heavy atom. The molecule has 0 spiro atoms. The number of likely N-dealkylation sites (tertiary alicyclic amines) is 1. The van der Waals surface area contributed by atoms with Crippen LogP contribution in [0.2, 0.25) is 0 Å². The monoisotopic (exact) mass is 374 g/mol. The molecule has 1 N–H and O–H groups in total. The Hall–Kier alpha value is -2.32. The first-order valence-electron chi connectivity index (χ1n) is 8.62. The largest absolute Gasteiger partial charge is 0.302 e. The molecule has 3 rings (SSSR count). The molecule has 1 fully saturated rings. The van der Waals surface area contributed by atoms with E-state index in [1.165, 1.54) is 17.4 Å². The van der Waals surface area contributed by atoms with Crippen LogP contribution in [0.5, 0.6) is 0 Å². The van der Waals surface area contributed by atoms with Gasteiger partial charge in [0.1, 0.15) is 0 Å². The highest BCUT2D eigenvalue weighted by molar-refractivity contribution is 7.13. The number of nitrogens with zero attached hydrogens (tertiary/aromatic N) is 3. The zero-order valence-corrected chi connectivity index (χ0v) is 15.7. The predicted molar refractivity (Wildman–Crippen MR) is 101 cm³/mol. The molecular weight excluding hydrogens is 352 g/mol. The summed E-state index contributed by atoms with van der Waals surface area (Å²) < 4.78 is 0. The quantitative estimate of drug-likeness (QED) is 0.639. The molecule has 138 valence electrons. The second kappa shape index (κ2) is 7.92. The smallest absolute Gasteiger partial charge is 0.272 e. The van der Waals surface area contributed by atoms with Gasteiger partial charge in [0.05, 0.1) is 10.6 Å². The van der Waals surface area contributed by atoms with Crippen LogP contribution in [0, 0.1) is 29.9 Å². The molecule has 0 aliphatic carbocycles. The van der Waals surface area contributed by atoms with Crippen LogP contribution in [0.3, 0.4) is 0 Å². The number of aromatic nitrogens is 1. The fourth-order valence-corrected chi connectivity index (χ4v) is 3.94. The topological polar surface area (TPSA) is 88.4 Å². The maximum Gasteiger partial charge on any atom is 0.272 e. The van der Waals surface area contributed by atoms with Crippen LogP contribution in [-0.2, 0) is 11.3 Å². The number of nitrogens with one attached hydrogen (secondary N) is 1. The number of hydrogen-bond acceptors (Lipinski definition) is 6. The molecule has 0 bridgehead atoms. The van der Waals surface area contributed by atoms with Crippen molar-refractivity contribution >= 4 is 28.1 Å². The van der Waals surface area contributed by atoms with Crippen LogP contribution >= 0.6 is 11.3 Å². The summed E-state index contributed by atoms with van der Waals surface area (Å²) in [6, 6.07) is 5.21. The normalized spacial score (nSPS) is 15.8. The van der Waals surface area contributed by atoms with Crippen molar-refractivity contribution in [2.24, 2.45) is 5.92 Å². The van der Waals surface area contributed by atoms with Gasteiger partial charge in [0, 0.05) is 29.5 Å². The van der Waals surface area contributed by atoms with E-state index in [1.807, 2.05) is 18.4 Å². The highest BCUT2D eigenvalue weighted by atomic mass is 32.1. The standard InChI is InChI=1S/C18H22N4O3S/c1-12-11-26-18(19-12)20-17(23)14-6-8-21(9-7-14)10-15-4-3-5-16(13(15)2)22(24)25/h3-5,11,14H,6-10H2,1-2H3,(H,19,20,23). The molecule has 7 nitrogen and oxygen atoms in total. The average molecular weight is 374 g/mol. The van der Waals surface area contributed by atoms with E-state index in [4.69, 9.17) is 0 Å². The summed E-state index contributed by atoms with van der Waals surface area (Å²) >= 11 is 1.44. The number of nitro benzene ring substituents is 1. The molecule has 1 aliphatic heterocycles. The highest BCUT2D eigenvalue weighted by Crippen LogP contribution is 2.25. The van der Waals surface area contributed by atoms with Gasteiger partial charge in [0.2, 0.25) is 5.91 Å². The minimum Gasteiger partial charge on any atom is -0.302 e. The summed E-state index contributed by atoms with van der Waals surface area (Å²) in [7, 11) is 0. The Morgan fingerprint density at radius 1 is 1.38 bits per heavy atom. The predicted octanol–water partition coefficient (Wildman–Crippen LogP) is 3.52. The minimum atomic E-state index is -0.338. The fraction of sp³-hybridized carbons (Fsp3) is 0.444. The van der Waals surface area contributed by atoms with E-state index >= 15 is 0 Å². The first kappa shape index (κ1) is 18.5. The van der Waals surface area contributed by atoms with E-state index in [0.717, 1.165) is 42.8 Å². The third-order valence-electron chi connectivity index (χ3n) is 4.82. The van der Waals surface area contributed by atoms with Gasteiger partial charge in [-0.3, -0.25) is 19.8 Å². The second-order valence-electron chi connectivity index (χ2n) is 6.65. The van der Waals surface area contributed by atoms with Crippen molar-refractivity contribution in [2.75, 3.05) is 18.4 Å². The lowest BCUT2D eigenvalue weighted by atomic mass is 9.95. The number of anilines is 1. The zero-order valence-electron chi connectivity index (χ0n) is 14.9. The number of aryl methyl sites for hydroxylation is 1. The maximum atomic E-state index is 12.4. The van der Waals surface area contributed by atoms with Crippen molar-refractivity contribution in [3.05, 3.63) is 50.5 Å². The summed E-state index contributed by atoms with van der Waals surface area (Å²) in [5.74, 6) is 0.0205. The molecule has 2 aromatic rings. The van der Waals surface area contributed by atoms with E-state index in [9.17, 15) is 14.9 Å². The van der Waals surface area contributed by atoms with Crippen LogP contribution in [0.1, 0.15) is 29.7 Å². The fourth-order valence-electron chi connectivity index (χ4n) is 3.25. The molecule has 0 radical (unpaired) electrons. The molecule has 1 aliphatic rings. The van der Waals surface area contributed by atoms with Crippen molar-refractivity contribution < 1.29 is 9.72 Å². The molecule has 2 heterocycles. The number of carbonyl (C=O) groups is 1. The Balaban J connectivity index is 1.55. The van der Waals surface area contributed by atoms with Gasteiger partial charge in [0.15, 0.2) is 5.13 Å². The third-order valence-corrected chi connectivity index (χ3v) is 5.69. The minimum absolute atomic E-state index is 0.0123. The van der Waals surface area contributed by atoms with Gasteiger partial charge >= 0.3 is 0 Å². The van der Waals surface area contributed by atoms with Crippen molar-refractivity contribution in [3.63, 3.8) is 0 Å². The molecule has 0 atom stereocenters. The van der Waals surface area contributed by atoms with Gasteiger partial charge in [-0.25, -0.2) is 4.98 Å². The van der Waals surface area contributed by atoms with Crippen LogP contribution in [0.4, 0.5) is 10.8 Å². The Labute approximate surface area is 156 Å². The number of amides is 1. The Morgan fingerprint density at radius 2 is 2.12 bits per heavy atom. The second-order valence-corrected chi connectivity index (χ2v) is 7.51. The number of rotatable bonds is 5. The first-order chi connectivity index (χ1) is 12.4. The maximum absolute atomic E-state index is 12.4. The molecular formula is C18H22N4O3S. The van der Waals surface area contributed by atoms with Crippen LogP contribution in [0.25, 0.3) is 0 Å². The molecule has 1 saturated heterocycles. The lowest BCUT2D eigenvalue weighted by Crippen LogP contribution is -2.37. The summed E-state index contributed by atoms with van der Waals surface area (Å²) in [6.07, 6.45) is 1.56. The van der Waals surface area contributed by atoms with E-state index in [1.54, 1.807) is 13.0 Å². The average Bonchev–Trinajstić information content (AvgIpc) is 3.02. The summed E-state index contributed by atoms with van der Waals surface area (Å²) in [5.41, 5.74) is 2.76. The van der Waals surface area contributed by atoms with Gasteiger partial charge in [-0.2, -0.15) is 0 Å². The van der Waals surface area contributed by atoms with Gasteiger partial charge < -0.3 is 5.32 Å². The Kier molecular flexibility index (Phi) is 5.63. The molecule has 26 heavy (non-hydrogen) atoms. The molecule has 0 saturated carbocycles. The lowest BCUT2D eigenvalue weighted by Gasteiger charge is -2.31. The number of benzene rings is 1. The third kappa shape index (κ3) is 4.25. The molecule has 0 unspecified atom stereocenters. The molecule has 1 amide bonds. The highest BCUT2D eigenvalue weighted by Gasteiger charge is 2.26. The molecule has 8 heteroatoms. The van der Waals surface area contributed by atoms with Crippen molar-refractivity contribution in [1.29, 1.82) is 0 Å². The number of thiazole rings is 1. The van der Waals surface area contributed by atoms with E-state index in [2.05, 4.69) is 15.2 Å². The number of nitro groups is 1. The van der Waals surface area contributed by atoms with Gasteiger partial charge in [0.25, 0.3) is 5.69 Å². The van der Waals surface area contributed by atoms with E-state index in [-0.39, 0.29) is 22.4 Å².